The van der Waals surface area contributed by atoms with Crippen molar-refractivity contribution >= 4 is 17.5 Å². The van der Waals surface area contributed by atoms with Crippen molar-refractivity contribution in [2.45, 2.75) is 37.7 Å². The molecule has 1 aliphatic heterocycles. The second-order valence-electron chi connectivity index (χ2n) is 4.24. The highest BCUT2D eigenvalue weighted by molar-refractivity contribution is 6.27. The normalized spacial score (nSPS) is 25.6. The molecule has 1 heterocycles. The van der Waals surface area contributed by atoms with Gasteiger partial charge < -0.3 is 9.64 Å². The summed E-state index contributed by atoms with van der Waals surface area (Å²) in [6, 6.07) is 0. The number of ether oxygens (including phenoxy) is 1. The van der Waals surface area contributed by atoms with Gasteiger partial charge in [0.1, 0.15) is 12.6 Å². The summed E-state index contributed by atoms with van der Waals surface area (Å²) < 4.78 is 5.76. The van der Waals surface area contributed by atoms with E-state index in [1.807, 2.05) is 0 Å². The maximum atomic E-state index is 11.4. The second-order valence-corrected chi connectivity index (χ2v) is 4.51. The van der Waals surface area contributed by atoms with Crippen molar-refractivity contribution in [3.05, 3.63) is 0 Å². The molecular formula is C10H16ClNO2. The standard InChI is InChI=1S/C10H16ClNO2/c11-6-9(13)12-7-10(14-8-12)4-2-1-3-5-10/h1-8H2. The van der Waals surface area contributed by atoms with Crippen LogP contribution in [0.15, 0.2) is 0 Å². The zero-order valence-corrected chi connectivity index (χ0v) is 9.05. The van der Waals surface area contributed by atoms with Gasteiger partial charge in [-0.05, 0) is 12.8 Å². The average Bonchev–Trinajstić information content (AvgIpc) is 2.62. The first-order valence-electron chi connectivity index (χ1n) is 5.23. The summed E-state index contributed by atoms with van der Waals surface area (Å²) in [7, 11) is 0. The van der Waals surface area contributed by atoms with Crippen molar-refractivity contribution < 1.29 is 9.53 Å². The van der Waals surface area contributed by atoms with E-state index < -0.39 is 0 Å². The highest BCUT2D eigenvalue weighted by Crippen LogP contribution is 2.35. The Hall–Kier alpha value is -0.280. The Morgan fingerprint density at radius 2 is 2.07 bits per heavy atom. The summed E-state index contributed by atoms with van der Waals surface area (Å²) >= 11 is 5.51. The molecule has 4 heteroatoms. The predicted octanol–water partition coefficient (Wildman–Crippen LogP) is 1.74. The molecule has 0 atom stereocenters. The SMILES string of the molecule is O=C(CCl)N1COC2(CCCCC2)C1. The van der Waals surface area contributed by atoms with E-state index in [9.17, 15) is 4.79 Å². The van der Waals surface area contributed by atoms with Gasteiger partial charge >= 0.3 is 0 Å². The van der Waals surface area contributed by atoms with E-state index in [0.717, 1.165) is 19.4 Å². The molecule has 1 saturated carbocycles. The number of carbonyl (C=O) groups is 1. The second kappa shape index (κ2) is 4.07. The molecule has 0 aromatic heterocycles. The van der Waals surface area contributed by atoms with E-state index in [1.165, 1.54) is 19.3 Å². The summed E-state index contributed by atoms with van der Waals surface area (Å²) in [6.45, 7) is 1.18. The molecule has 2 aliphatic rings. The van der Waals surface area contributed by atoms with Crippen LogP contribution in [0.1, 0.15) is 32.1 Å². The average molecular weight is 218 g/mol. The molecule has 0 bridgehead atoms. The van der Waals surface area contributed by atoms with Crippen molar-refractivity contribution in [2.75, 3.05) is 19.2 Å². The van der Waals surface area contributed by atoms with Crippen molar-refractivity contribution in [1.82, 2.24) is 4.90 Å². The summed E-state index contributed by atoms with van der Waals surface area (Å²) in [5.74, 6) is 0.0634. The fourth-order valence-corrected chi connectivity index (χ4v) is 2.57. The van der Waals surface area contributed by atoms with Gasteiger partial charge in [0.15, 0.2) is 0 Å². The third-order valence-corrected chi connectivity index (χ3v) is 3.47. The molecule has 3 nitrogen and oxygen atoms in total. The van der Waals surface area contributed by atoms with Gasteiger partial charge in [-0.1, -0.05) is 19.3 Å². The molecule has 0 N–H and O–H groups in total. The van der Waals surface area contributed by atoms with E-state index in [2.05, 4.69) is 0 Å². The number of nitrogens with zero attached hydrogens (tertiary/aromatic N) is 1. The van der Waals surface area contributed by atoms with Gasteiger partial charge in [-0.25, -0.2) is 0 Å². The molecule has 1 saturated heterocycles. The Morgan fingerprint density at radius 1 is 1.36 bits per heavy atom. The van der Waals surface area contributed by atoms with E-state index in [4.69, 9.17) is 16.3 Å². The Balaban J connectivity index is 1.95. The lowest BCUT2D eigenvalue weighted by atomic mass is 9.85. The Bertz CT molecular complexity index is 226. The summed E-state index contributed by atoms with van der Waals surface area (Å²) in [6.07, 6.45) is 5.94. The number of rotatable bonds is 1. The van der Waals surface area contributed by atoms with E-state index >= 15 is 0 Å². The van der Waals surface area contributed by atoms with Crippen LogP contribution in [-0.4, -0.2) is 35.6 Å². The number of hydrogen-bond donors (Lipinski definition) is 0. The lowest BCUT2D eigenvalue weighted by Crippen LogP contribution is -2.38. The van der Waals surface area contributed by atoms with Crippen molar-refractivity contribution in [1.29, 1.82) is 0 Å². The van der Waals surface area contributed by atoms with Crippen LogP contribution in [0.3, 0.4) is 0 Å². The lowest BCUT2D eigenvalue weighted by Gasteiger charge is -2.31. The molecule has 2 rings (SSSR count). The molecule has 14 heavy (non-hydrogen) atoms. The molecule has 0 aromatic carbocycles. The molecule has 80 valence electrons. The third kappa shape index (κ3) is 1.89. The maximum absolute atomic E-state index is 11.4. The van der Waals surface area contributed by atoms with Crippen LogP contribution in [0.25, 0.3) is 0 Å². The monoisotopic (exact) mass is 217 g/mol. The van der Waals surface area contributed by atoms with Gasteiger partial charge in [-0.3, -0.25) is 4.79 Å². The minimum absolute atomic E-state index is 0.00545. The van der Waals surface area contributed by atoms with Gasteiger partial charge in [0, 0.05) is 0 Å². The van der Waals surface area contributed by atoms with Gasteiger partial charge in [0.25, 0.3) is 0 Å². The Labute approximate surface area is 89.4 Å². The van der Waals surface area contributed by atoms with Gasteiger partial charge in [0.2, 0.25) is 5.91 Å². The molecule has 0 radical (unpaired) electrons. The molecule has 2 fully saturated rings. The smallest absolute Gasteiger partial charge is 0.239 e. The topological polar surface area (TPSA) is 29.5 Å². The summed E-state index contributed by atoms with van der Waals surface area (Å²) in [5.41, 5.74) is -0.0278. The van der Waals surface area contributed by atoms with Crippen LogP contribution in [0.4, 0.5) is 0 Å². The van der Waals surface area contributed by atoms with Crippen LogP contribution in [-0.2, 0) is 9.53 Å². The summed E-state index contributed by atoms with van der Waals surface area (Å²) in [5, 5.41) is 0. The first-order valence-corrected chi connectivity index (χ1v) is 5.77. The van der Waals surface area contributed by atoms with E-state index in [1.54, 1.807) is 4.90 Å². The molecule has 1 aliphatic carbocycles. The largest absolute Gasteiger partial charge is 0.353 e. The van der Waals surface area contributed by atoms with Gasteiger partial charge in [-0.15, -0.1) is 11.6 Å². The lowest BCUT2D eigenvalue weighted by molar-refractivity contribution is -0.128. The van der Waals surface area contributed by atoms with Crippen LogP contribution in [0.5, 0.6) is 0 Å². The number of hydrogen-bond acceptors (Lipinski definition) is 2. The molecule has 1 amide bonds. The predicted molar refractivity (Wildman–Crippen MR) is 54.2 cm³/mol. The minimum Gasteiger partial charge on any atom is -0.353 e. The quantitative estimate of drug-likeness (QED) is 0.627. The van der Waals surface area contributed by atoms with Crippen molar-refractivity contribution in [3.8, 4) is 0 Å². The highest BCUT2D eigenvalue weighted by Gasteiger charge is 2.41. The van der Waals surface area contributed by atoms with E-state index in [-0.39, 0.29) is 17.4 Å². The zero-order valence-electron chi connectivity index (χ0n) is 8.30. The molecule has 0 unspecified atom stereocenters. The van der Waals surface area contributed by atoms with Gasteiger partial charge in [-0.2, -0.15) is 0 Å². The fraction of sp³-hybridized carbons (Fsp3) is 0.900. The molecule has 1 spiro atoms. The number of halogens is 1. The Morgan fingerprint density at radius 3 is 2.71 bits per heavy atom. The van der Waals surface area contributed by atoms with Crippen molar-refractivity contribution in [2.24, 2.45) is 0 Å². The number of carbonyl (C=O) groups excluding carboxylic acids is 1. The van der Waals surface area contributed by atoms with E-state index in [0.29, 0.717) is 6.73 Å². The van der Waals surface area contributed by atoms with Crippen LogP contribution >= 0.6 is 11.6 Å². The third-order valence-electron chi connectivity index (χ3n) is 3.24. The maximum Gasteiger partial charge on any atom is 0.239 e. The first kappa shape index (κ1) is 10.2. The fourth-order valence-electron chi connectivity index (χ4n) is 2.40. The highest BCUT2D eigenvalue weighted by atomic mass is 35.5. The molecule has 0 aromatic rings. The number of alkyl halides is 1. The van der Waals surface area contributed by atoms with Crippen LogP contribution in [0, 0.1) is 0 Å². The first-order chi connectivity index (χ1) is 6.76. The minimum atomic E-state index is -0.0278. The van der Waals surface area contributed by atoms with Crippen LogP contribution in [0.2, 0.25) is 0 Å². The van der Waals surface area contributed by atoms with Gasteiger partial charge in [0.05, 0.1) is 12.1 Å². The molecular weight excluding hydrogens is 202 g/mol. The Kier molecular flexibility index (Phi) is 2.98. The zero-order chi connectivity index (χ0) is 10.0. The van der Waals surface area contributed by atoms with Crippen molar-refractivity contribution in [3.63, 3.8) is 0 Å². The summed E-state index contributed by atoms with van der Waals surface area (Å²) in [4.78, 5) is 13.1. The van der Waals surface area contributed by atoms with Crippen LogP contribution < -0.4 is 0 Å². The number of amides is 1.